The first-order chi connectivity index (χ1) is 7.18. The van der Waals surface area contributed by atoms with E-state index in [1.54, 1.807) is 6.92 Å². The van der Waals surface area contributed by atoms with Crippen molar-refractivity contribution in [3.05, 3.63) is 0 Å². The molecule has 1 rings (SSSR count). The van der Waals surface area contributed by atoms with Crippen LogP contribution in [-0.4, -0.2) is 39.8 Å². The maximum atomic E-state index is 11.3. The molecule has 1 unspecified atom stereocenters. The van der Waals surface area contributed by atoms with Crippen molar-refractivity contribution in [3.8, 4) is 0 Å². The number of ether oxygens (including phenoxy) is 1. The van der Waals surface area contributed by atoms with Crippen LogP contribution < -0.4 is 4.72 Å². The molecule has 6 heteroatoms. The molecule has 0 saturated carbocycles. The molecule has 0 bridgehead atoms. The van der Waals surface area contributed by atoms with Crippen LogP contribution in [0.25, 0.3) is 0 Å². The molecule has 0 spiro atoms. The molecular formula is C10H20N2O3S. The largest absolute Gasteiger partial charge is 0.443 e. The van der Waals surface area contributed by atoms with Gasteiger partial charge in [-0.15, -0.1) is 0 Å². The van der Waals surface area contributed by atoms with Gasteiger partial charge in [0.1, 0.15) is 5.60 Å². The number of hydrogen-bond acceptors (Lipinski definition) is 5. The third kappa shape index (κ3) is 5.05. The smallest absolute Gasteiger partial charge is 0.418 e. The molecule has 0 aromatic carbocycles. The Hall–Kier alpha value is -0.460. The molecule has 2 N–H and O–H groups in total. The lowest BCUT2D eigenvalue weighted by Gasteiger charge is -2.21. The first kappa shape index (κ1) is 13.6. The fourth-order valence-electron chi connectivity index (χ4n) is 1.38. The summed E-state index contributed by atoms with van der Waals surface area (Å²) < 4.78 is 9.59. The Morgan fingerprint density at radius 1 is 1.56 bits per heavy atom. The minimum atomic E-state index is -0.650. The quantitative estimate of drug-likeness (QED) is 0.726. The monoisotopic (exact) mass is 248 g/mol. The Morgan fingerprint density at radius 2 is 2.19 bits per heavy atom. The van der Waals surface area contributed by atoms with Crippen molar-refractivity contribution in [2.45, 2.75) is 45.3 Å². The summed E-state index contributed by atoms with van der Waals surface area (Å²) in [6.07, 6.45) is 0.264. The second kappa shape index (κ2) is 4.81. The molecule has 1 amide bonds. The van der Waals surface area contributed by atoms with Gasteiger partial charge in [-0.3, -0.25) is 4.72 Å². The lowest BCUT2D eigenvalue weighted by molar-refractivity contribution is 0.0569. The Bertz CT molecular complexity index is 263. The summed E-state index contributed by atoms with van der Waals surface area (Å²) in [6, 6.07) is 0. The van der Waals surface area contributed by atoms with E-state index in [0.29, 0.717) is 6.54 Å². The van der Waals surface area contributed by atoms with Gasteiger partial charge in [-0.05, 0) is 34.1 Å². The van der Waals surface area contributed by atoms with Crippen molar-refractivity contribution in [2.24, 2.45) is 0 Å². The molecule has 1 heterocycles. The van der Waals surface area contributed by atoms with E-state index in [1.165, 1.54) is 12.1 Å². The highest BCUT2D eigenvalue weighted by molar-refractivity contribution is 7.95. The molecule has 0 aliphatic carbocycles. The fourth-order valence-corrected chi connectivity index (χ4v) is 2.15. The number of amides is 1. The van der Waals surface area contributed by atoms with Gasteiger partial charge in [-0.2, -0.15) is 0 Å². The Kier molecular flexibility index (Phi) is 4.09. The van der Waals surface area contributed by atoms with Gasteiger partial charge in [0.25, 0.3) is 0 Å². The van der Waals surface area contributed by atoms with Crippen molar-refractivity contribution in [1.82, 2.24) is 9.03 Å². The van der Waals surface area contributed by atoms with Gasteiger partial charge < -0.3 is 9.84 Å². The summed E-state index contributed by atoms with van der Waals surface area (Å²) in [5.74, 6) is 0. The van der Waals surface area contributed by atoms with E-state index in [-0.39, 0.29) is 0 Å². The van der Waals surface area contributed by atoms with Crippen LogP contribution in [0.5, 0.6) is 0 Å². The molecule has 0 aromatic rings. The summed E-state index contributed by atoms with van der Waals surface area (Å²) in [7, 11) is 0. The maximum Gasteiger partial charge on any atom is 0.418 e. The number of rotatable bonds is 2. The molecule has 16 heavy (non-hydrogen) atoms. The van der Waals surface area contributed by atoms with Crippen LogP contribution in [0, 0.1) is 0 Å². The minimum absolute atomic E-state index is 0.455. The number of carbonyl (C=O) groups is 1. The lowest BCUT2D eigenvalue weighted by atomic mass is 10.1. The molecule has 1 atom stereocenters. The summed E-state index contributed by atoms with van der Waals surface area (Å²) >= 11 is 1.18. The van der Waals surface area contributed by atoms with Gasteiger partial charge in [0.05, 0.1) is 5.60 Å². The number of hydrogen-bond donors (Lipinski definition) is 2. The van der Waals surface area contributed by atoms with Gasteiger partial charge in [-0.25, -0.2) is 9.10 Å². The van der Waals surface area contributed by atoms with E-state index in [9.17, 15) is 9.90 Å². The predicted molar refractivity (Wildman–Crippen MR) is 63.8 cm³/mol. The molecule has 1 aliphatic rings. The average Bonchev–Trinajstić information content (AvgIpc) is 2.39. The van der Waals surface area contributed by atoms with Crippen LogP contribution in [0.2, 0.25) is 0 Å². The molecule has 94 valence electrons. The minimum Gasteiger partial charge on any atom is -0.443 e. The van der Waals surface area contributed by atoms with E-state index in [0.717, 1.165) is 13.0 Å². The third-order valence-electron chi connectivity index (χ3n) is 2.07. The van der Waals surface area contributed by atoms with Crippen LogP contribution in [-0.2, 0) is 4.74 Å². The Balaban J connectivity index is 2.23. The van der Waals surface area contributed by atoms with Crippen LogP contribution in [0.3, 0.4) is 0 Å². The Labute approximate surface area is 101 Å². The standard InChI is InChI=1S/C10H20N2O3S/c1-9(2,3)15-8(13)11-16-12-6-5-10(4,14)7-12/h14H,5-7H2,1-4H3,(H,11,13). The van der Waals surface area contributed by atoms with Gasteiger partial charge in [0.2, 0.25) is 0 Å². The number of nitrogens with one attached hydrogen (secondary N) is 1. The summed E-state index contributed by atoms with van der Waals surface area (Å²) in [5, 5.41) is 9.72. The van der Waals surface area contributed by atoms with Crippen LogP contribution >= 0.6 is 12.1 Å². The average molecular weight is 248 g/mol. The molecule has 0 aromatic heterocycles. The van der Waals surface area contributed by atoms with Gasteiger partial charge in [0, 0.05) is 25.2 Å². The predicted octanol–water partition coefficient (Wildman–Crippen LogP) is 1.53. The number of carbonyl (C=O) groups excluding carboxylic acids is 1. The number of aliphatic hydroxyl groups is 1. The Morgan fingerprint density at radius 3 is 2.62 bits per heavy atom. The topological polar surface area (TPSA) is 61.8 Å². The van der Waals surface area contributed by atoms with E-state index >= 15 is 0 Å². The van der Waals surface area contributed by atoms with E-state index in [1.807, 2.05) is 25.1 Å². The molecule has 1 aliphatic heterocycles. The first-order valence-corrected chi connectivity index (χ1v) is 6.09. The molecular weight excluding hydrogens is 228 g/mol. The number of nitrogens with zero attached hydrogens (tertiary/aromatic N) is 1. The van der Waals surface area contributed by atoms with Crippen LogP contribution in [0.15, 0.2) is 0 Å². The summed E-state index contributed by atoms with van der Waals surface area (Å²) in [4.78, 5) is 11.3. The SMILES string of the molecule is CC1(O)CCN(SNC(=O)OC(C)(C)C)C1. The second-order valence-electron chi connectivity index (χ2n) is 5.31. The highest BCUT2D eigenvalue weighted by Crippen LogP contribution is 2.24. The van der Waals surface area contributed by atoms with Gasteiger partial charge >= 0.3 is 6.09 Å². The molecule has 1 fully saturated rings. The zero-order chi connectivity index (χ0) is 12.4. The maximum absolute atomic E-state index is 11.3. The fraction of sp³-hybridized carbons (Fsp3) is 0.900. The molecule has 1 saturated heterocycles. The lowest BCUT2D eigenvalue weighted by Crippen LogP contribution is -2.32. The zero-order valence-electron chi connectivity index (χ0n) is 10.2. The second-order valence-corrected chi connectivity index (χ2v) is 6.21. The van der Waals surface area contributed by atoms with Gasteiger partial charge in [0.15, 0.2) is 0 Å². The van der Waals surface area contributed by atoms with E-state index in [4.69, 9.17) is 4.74 Å². The van der Waals surface area contributed by atoms with Crippen molar-refractivity contribution in [3.63, 3.8) is 0 Å². The van der Waals surface area contributed by atoms with Crippen LogP contribution in [0.4, 0.5) is 4.79 Å². The summed E-state index contributed by atoms with van der Waals surface area (Å²) in [6.45, 7) is 8.55. The van der Waals surface area contributed by atoms with Crippen molar-refractivity contribution in [1.29, 1.82) is 0 Å². The third-order valence-corrected chi connectivity index (χ3v) is 2.90. The van der Waals surface area contributed by atoms with E-state index < -0.39 is 17.3 Å². The highest BCUT2D eigenvalue weighted by atomic mass is 32.2. The first-order valence-electron chi connectivity index (χ1n) is 5.31. The number of β-amino-alcohol motifs (C(OH)–C–C–N with tert-alkyl or cyclic N) is 1. The van der Waals surface area contributed by atoms with Crippen molar-refractivity contribution < 1.29 is 14.6 Å². The normalized spacial score (nSPS) is 26.8. The highest BCUT2D eigenvalue weighted by Gasteiger charge is 2.32. The zero-order valence-corrected chi connectivity index (χ0v) is 11.1. The van der Waals surface area contributed by atoms with Crippen molar-refractivity contribution >= 4 is 18.2 Å². The van der Waals surface area contributed by atoms with E-state index in [2.05, 4.69) is 4.72 Å². The summed E-state index contributed by atoms with van der Waals surface area (Å²) in [5.41, 5.74) is -1.14. The van der Waals surface area contributed by atoms with Crippen molar-refractivity contribution in [2.75, 3.05) is 13.1 Å². The molecule has 5 nitrogen and oxygen atoms in total. The van der Waals surface area contributed by atoms with Gasteiger partial charge in [-0.1, -0.05) is 0 Å². The van der Waals surface area contributed by atoms with Crippen LogP contribution in [0.1, 0.15) is 34.1 Å². The molecule has 0 radical (unpaired) electrons.